The average molecular weight is 314 g/mol. The van der Waals surface area contributed by atoms with Crippen LogP contribution in [-0.4, -0.2) is 21.8 Å². The molecule has 6 nitrogen and oxygen atoms in total. The lowest BCUT2D eigenvalue weighted by atomic mass is 10.1. The van der Waals surface area contributed by atoms with E-state index in [0.717, 1.165) is 16.5 Å². The number of thiazole rings is 1. The van der Waals surface area contributed by atoms with Crippen LogP contribution in [0.3, 0.4) is 0 Å². The summed E-state index contributed by atoms with van der Waals surface area (Å²) in [6.45, 7) is 0. The summed E-state index contributed by atoms with van der Waals surface area (Å²) in [4.78, 5) is 30.2. The number of H-pyrrole nitrogens is 1. The smallest absolute Gasteiger partial charge is 0.230 e. The number of carbonyl (C=O) groups is 2. The fraction of sp³-hybridized carbons (Fsp3) is 0.133. The maximum atomic E-state index is 12.1. The quantitative estimate of drug-likeness (QED) is 0.669. The molecular weight excluding hydrogens is 300 g/mol. The molecule has 0 aliphatic rings. The summed E-state index contributed by atoms with van der Waals surface area (Å²) in [6.07, 6.45) is 2.17. The monoisotopic (exact) mass is 314 g/mol. The number of benzene rings is 1. The van der Waals surface area contributed by atoms with Gasteiger partial charge >= 0.3 is 0 Å². The topological polar surface area (TPSA) is 101 Å². The van der Waals surface area contributed by atoms with Crippen molar-refractivity contribution >= 4 is 39.2 Å². The van der Waals surface area contributed by atoms with Gasteiger partial charge in [-0.2, -0.15) is 0 Å². The third-order valence-corrected chi connectivity index (χ3v) is 3.99. The third kappa shape index (κ3) is 3.15. The molecule has 2 aromatic heterocycles. The lowest BCUT2D eigenvalue weighted by molar-refractivity contribution is -0.117. The Labute approximate surface area is 130 Å². The number of primary amides is 1. The highest BCUT2D eigenvalue weighted by Crippen LogP contribution is 2.20. The first-order valence-electron chi connectivity index (χ1n) is 6.69. The second-order valence-electron chi connectivity index (χ2n) is 4.87. The number of nitrogens with two attached hydrogens (primary N) is 1. The van der Waals surface area contributed by atoms with Crippen molar-refractivity contribution in [2.45, 2.75) is 12.8 Å². The largest absolute Gasteiger partial charge is 0.369 e. The Hall–Kier alpha value is -2.67. The van der Waals surface area contributed by atoms with Crippen LogP contribution in [0.1, 0.15) is 11.3 Å². The lowest BCUT2D eigenvalue weighted by Crippen LogP contribution is -2.15. The Morgan fingerprint density at radius 1 is 1.27 bits per heavy atom. The second kappa shape index (κ2) is 5.98. The van der Waals surface area contributed by atoms with E-state index in [1.807, 2.05) is 30.5 Å². The van der Waals surface area contributed by atoms with E-state index >= 15 is 0 Å². The van der Waals surface area contributed by atoms with Crippen LogP contribution >= 0.6 is 11.3 Å². The van der Waals surface area contributed by atoms with Crippen LogP contribution in [0.25, 0.3) is 10.9 Å². The summed E-state index contributed by atoms with van der Waals surface area (Å²) in [5.74, 6) is -0.591. The molecule has 22 heavy (non-hydrogen) atoms. The van der Waals surface area contributed by atoms with E-state index in [2.05, 4.69) is 15.3 Å². The van der Waals surface area contributed by atoms with Crippen molar-refractivity contribution in [3.63, 3.8) is 0 Å². The molecule has 0 bridgehead atoms. The number of nitrogens with zero attached hydrogens (tertiary/aromatic N) is 1. The number of aromatic nitrogens is 2. The van der Waals surface area contributed by atoms with Gasteiger partial charge in [0.2, 0.25) is 11.8 Å². The Morgan fingerprint density at radius 3 is 2.91 bits per heavy atom. The number of hydrogen-bond donors (Lipinski definition) is 3. The molecule has 7 heteroatoms. The van der Waals surface area contributed by atoms with Crippen molar-refractivity contribution in [1.29, 1.82) is 0 Å². The molecule has 112 valence electrons. The van der Waals surface area contributed by atoms with Gasteiger partial charge in [-0.25, -0.2) is 4.98 Å². The van der Waals surface area contributed by atoms with E-state index in [9.17, 15) is 9.59 Å². The van der Waals surface area contributed by atoms with Gasteiger partial charge in [0.1, 0.15) is 0 Å². The summed E-state index contributed by atoms with van der Waals surface area (Å²) in [5, 5.41) is 5.96. The number of amides is 2. The summed E-state index contributed by atoms with van der Waals surface area (Å²) in [5.41, 5.74) is 7.62. The number of nitrogens with one attached hydrogen (secondary N) is 2. The van der Waals surface area contributed by atoms with Gasteiger partial charge in [-0.1, -0.05) is 18.2 Å². The summed E-state index contributed by atoms with van der Waals surface area (Å²) >= 11 is 1.28. The molecule has 2 heterocycles. The van der Waals surface area contributed by atoms with E-state index in [0.29, 0.717) is 10.8 Å². The van der Waals surface area contributed by atoms with E-state index in [-0.39, 0.29) is 18.7 Å². The first kappa shape index (κ1) is 14.3. The molecule has 0 unspecified atom stereocenters. The highest BCUT2D eigenvalue weighted by atomic mass is 32.1. The minimum atomic E-state index is -0.443. The zero-order valence-electron chi connectivity index (χ0n) is 11.6. The Bertz CT molecular complexity index is 837. The fourth-order valence-corrected chi connectivity index (χ4v) is 2.96. The fourth-order valence-electron chi connectivity index (χ4n) is 2.24. The van der Waals surface area contributed by atoms with Crippen molar-refractivity contribution < 1.29 is 9.59 Å². The van der Waals surface area contributed by atoms with Gasteiger partial charge in [-0.15, -0.1) is 11.3 Å². The molecule has 0 fully saturated rings. The van der Waals surface area contributed by atoms with Crippen LogP contribution < -0.4 is 11.1 Å². The van der Waals surface area contributed by atoms with Gasteiger partial charge in [0.25, 0.3) is 0 Å². The van der Waals surface area contributed by atoms with Crippen LogP contribution in [0.4, 0.5) is 5.13 Å². The van der Waals surface area contributed by atoms with Crippen LogP contribution in [0.5, 0.6) is 0 Å². The number of hydrogen-bond acceptors (Lipinski definition) is 4. The average Bonchev–Trinajstić information content (AvgIpc) is 3.06. The van der Waals surface area contributed by atoms with Crippen LogP contribution in [0.2, 0.25) is 0 Å². The van der Waals surface area contributed by atoms with E-state index in [1.54, 1.807) is 5.38 Å². The van der Waals surface area contributed by atoms with Gasteiger partial charge in [0, 0.05) is 22.5 Å². The van der Waals surface area contributed by atoms with Crippen molar-refractivity contribution in [2.24, 2.45) is 5.73 Å². The van der Waals surface area contributed by atoms with Crippen LogP contribution in [0, 0.1) is 0 Å². The minimum absolute atomic E-state index is 0.0782. The van der Waals surface area contributed by atoms with Gasteiger partial charge < -0.3 is 16.0 Å². The zero-order chi connectivity index (χ0) is 15.5. The first-order chi connectivity index (χ1) is 10.6. The van der Waals surface area contributed by atoms with Crippen LogP contribution in [0.15, 0.2) is 35.8 Å². The van der Waals surface area contributed by atoms with Gasteiger partial charge in [-0.3, -0.25) is 9.59 Å². The molecule has 0 spiro atoms. The van der Waals surface area contributed by atoms with E-state index in [1.165, 1.54) is 11.3 Å². The summed E-state index contributed by atoms with van der Waals surface area (Å²) in [7, 11) is 0. The summed E-state index contributed by atoms with van der Waals surface area (Å²) < 4.78 is 0. The van der Waals surface area contributed by atoms with Crippen molar-refractivity contribution in [2.75, 3.05) is 5.32 Å². The molecule has 0 atom stereocenters. The third-order valence-electron chi connectivity index (χ3n) is 3.18. The van der Waals surface area contributed by atoms with Gasteiger partial charge in [-0.05, 0) is 11.6 Å². The predicted octanol–water partition coefficient (Wildman–Crippen LogP) is 1.83. The molecule has 0 saturated carbocycles. The highest BCUT2D eigenvalue weighted by Gasteiger charge is 2.11. The van der Waals surface area contributed by atoms with Gasteiger partial charge in [0.05, 0.1) is 18.5 Å². The normalized spacial score (nSPS) is 10.7. The number of para-hydroxylation sites is 1. The Kier molecular flexibility index (Phi) is 3.88. The van der Waals surface area contributed by atoms with E-state index < -0.39 is 5.91 Å². The number of rotatable bonds is 5. The molecule has 0 aliphatic carbocycles. The SMILES string of the molecule is NC(=O)Cc1csc(NC(=O)Cc2c[nH]c3ccccc23)n1. The number of carbonyl (C=O) groups excluding carboxylic acids is 2. The van der Waals surface area contributed by atoms with Crippen molar-refractivity contribution in [3.8, 4) is 0 Å². The molecule has 1 aromatic carbocycles. The highest BCUT2D eigenvalue weighted by molar-refractivity contribution is 7.13. The Morgan fingerprint density at radius 2 is 2.09 bits per heavy atom. The number of aromatic amines is 1. The number of fused-ring (bicyclic) bond motifs is 1. The molecular formula is C15H14N4O2S. The van der Waals surface area contributed by atoms with Crippen molar-refractivity contribution in [3.05, 3.63) is 47.1 Å². The zero-order valence-corrected chi connectivity index (χ0v) is 12.4. The Balaban J connectivity index is 1.67. The molecule has 3 rings (SSSR count). The predicted molar refractivity (Wildman–Crippen MR) is 85.6 cm³/mol. The molecule has 0 aliphatic heterocycles. The van der Waals surface area contributed by atoms with Crippen LogP contribution in [-0.2, 0) is 22.4 Å². The molecule has 3 aromatic rings. The van der Waals surface area contributed by atoms with E-state index in [4.69, 9.17) is 5.73 Å². The lowest BCUT2D eigenvalue weighted by Gasteiger charge is -2.01. The molecule has 0 saturated heterocycles. The molecule has 4 N–H and O–H groups in total. The van der Waals surface area contributed by atoms with Crippen molar-refractivity contribution in [1.82, 2.24) is 9.97 Å². The minimum Gasteiger partial charge on any atom is -0.369 e. The first-order valence-corrected chi connectivity index (χ1v) is 7.57. The summed E-state index contributed by atoms with van der Waals surface area (Å²) in [6, 6.07) is 7.82. The second-order valence-corrected chi connectivity index (χ2v) is 5.73. The molecule has 2 amide bonds. The maximum absolute atomic E-state index is 12.1. The number of anilines is 1. The van der Waals surface area contributed by atoms with Gasteiger partial charge in [0.15, 0.2) is 5.13 Å². The maximum Gasteiger partial charge on any atom is 0.230 e. The standard InChI is InChI=1S/C15H14N4O2S/c16-13(20)6-10-8-22-15(18-10)19-14(21)5-9-7-17-12-4-2-1-3-11(9)12/h1-4,7-8,17H,5-6H2,(H2,16,20)(H,18,19,21). The molecule has 0 radical (unpaired) electrons.